The van der Waals surface area contributed by atoms with E-state index < -0.39 is 16.1 Å². The summed E-state index contributed by atoms with van der Waals surface area (Å²) in [6, 6.07) is 36.3. The first-order valence-corrected chi connectivity index (χ1v) is 22.5. The van der Waals surface area contributed by atoms with Gasteiger partial charge in [-0.15, -0.1) is 11.1 Å². The van der Waals surface area contributed by atoms with Crippen LogP contribution in [0.4, 0.5) is 0 Å². The van der Waals surface area contributed by atoms with Crippen LogP contribution in [0.5, 0.6) is 0 Å². The Morgan fingerprint density at radius 2 is 0.682 bits per heavy atom. The molecule has 0 nitrogen and oxygen atoms in total. The Morgan fingerprint density at radius 1 is 0.364 bits per heavy atom. The molecule has 0 unspecified atom stereocenters. The molecule has 0 fully saturated rings. The van der Waals surface area contributed by atoms with Crippen LogP contribution in [-0.2, 0) is 0 Å². The Balaban J connectivity index is 1.64. The van der Waals surface area contributed by atoms with Crippen molar-refractivity contribution >= 4 is 91.6 Å². The SMILES string of the molecule is C[Si](C)(C)C#Cc1c2cc3ccccc3cc2c2ccc3c(C#C[Si](C)(C)C)c4cc5ccccc5cc4c4ccc1c2c34. The van der Waals surface area contributed by atoms with Crippen molar-refractivity contribution in [1.82, 2.24) is 0 Å². The molecular formula is C42H34Si2. The summed E-state index contributed by atoms with van der Waals surface area (Å²) in [6.07, 6.45) is 0. The molecule has 2 heteroatoms. The van der Waals surface area contributed by atoms with Gasteiger partial charge >= 0.3 is 0 Å². The topological polar surface area (TPSA) is 0 Å². The maximum Gasteiger partial charge on any atom is 0.129 e. The van der Waals surface area contributed by atoms with E-state index in [4.69, 9.17) is 0 Å². The fourth-order valence-corrected chi connectivity index (χ4v) is 7.76. The van der Waals surface area contributed by atoms with Crippen molar-refractivity contribution in [2.75, 3.05) is 0 Å². The quantitative estimate of drug-likeness (QED) is 0.0709. The lowest BCUT2D eigenvalue weighted by molar-refractivity contribution is 1.75. The minimum atomic E-state index is -1.62. The molecular weight excluding hydrogens is 561 g/mol. The standard InChI is InChI=1S/C42H34Si2/c1-43(2,3)21-19-31-33-15-17-36-40-26-30-14-10-8-12-28(30)24-38(40)32(20-22-44(4,5)6)34-16-18-35(41(33)42(34)36)39-25-29-13-9-7-11-27(29)23-37(31)39/h7-18,23-26H,1-6H3. The molecule has 0 aliphatic rings. The molecule has 0 aliphatic carbocycles. The Hall–Kier alpha value is -4.61. The van der Waals surface area contributed by atoms with Crippen molar-refractivity contribution in [2.24, 2.45) is 0 Å². The Bertz CT molecular complexity index is 2440. The molecule has 0 heterocycles. The first-order valence-electron chi connectivity index (χ1n) is 15.5. The zero-order valence-electron chi connectivity index (χ0n) is 26.2. The molecule has 0 atom stereocenters. The summed E-state index contributed by atoms with van der Waals surface area (Å²) in [4.78, 5) is 0. The molecule has 0 bridgehead atoms. The van der Waals surface area contributed by atoms with E-state index in [-0.39, 0.29) is 0 Å². The van der Waals surface area contributed by atoms with Crippen molar-refractivity contribution in [3.63, 3.8) is 0 Å². The van der Waals surface area contributed by atoms with Gasteiger partial charge in [-0.25, -0.2) is 0 Å². The molecule has 0 aliphatic heterocycles. The number of benzene rings is 8. The lowest BCUT2D eigenvalue weighted by atomic mass is 9.83. The second kappa shape index (κ2) is 9.44. The zero-order chi connectivity index (χ0) is 30.4. The zero-order valence-corrected chi connectivity index (χ0v) is 28.2. The molecule has 0 radical (unpaired) electrons. The maximum absolute atomic E-state index is 3.76. The summed E-state index contributed by atoms with van der Waals surface area (Å²) in [7, 11) is -3.24. The highest BCUT2D eigenvalue weighted by Gasteiger charge is 2.21. The van der Waals surface area contributed by atoms with E-state index in [1.807, 2.05) is 0 Å². The summed E-state index contributed by atoms with van der Waals surface area (Å²) in [6.45, 7) is 14.0. The van der Waals surface area contributed by atoms with Crippen LogP contribution >= 0.6 is 0 Å². The van der Waals surface area contributed by atoms with E-state index in [9.17, 15) is 0 Å². The average Bonchev–Trinajstić information content (AvgIpc) is 2.99. The van der Waals surface area contributed by atoms with Crippen LogP contribution < -0.4 is 0 Å². The summed E-state index contributed by atoms with van der Waals surface area (Å²) in [5.74, 6) is 7.51. The van der Waals surface area contributed by atoms with Gasteiger partial charge in [0.2, 0.25) is 0 Å². The van der Waals surface area contributed by atoms with Gasteiger partial charge in [0.1, 0.15) is 16.1 Å². The highest BCUT2D eigenvalue weighted by molar-refractivity contribution is 6.84. The summed E-state index contributed by atoms with van der Waals surface area (Å²) in [5, 5.41) is 17.8. The molecule has 0 aromatic heterocycles. The molecule has 0 spiro atoms. The van der Waals surface area contributed by atoms with E-state index in [1.54, 1.807) is 0 Å². The third-order valence-corrected chi connectivity index (χ3v) is 10.5. The van der Waals surface area contributed by atoms with Crippen molar-refractivity contribution in [3.8, 4) is 22.9 Å². The van der Waals surface area contributed by atoms with E-state index in [0.717, 1.165) is 11.1 Å². The van der Waals surface area contributed by atoms with Crippen LogP contribution in [0, 0.1) is 22.9 Å². The number of hydrogen-bond donors (Lipinski definition) is 0. The first-order chi connectivity index (χ1) is 21.1. The average molecular weight is 595 g/mol. The van der Waals surface area contributed by atoms with Gasteiger partial charge in [-0.05, 0) is 99.7 Å². The molecule has 0 saturated carbocycles. The van der Waals surface area contributed by atoms with Gasteiger partial charge in [0.15, 0.2) is 0 Å². The highest BCUT2D eigenvalue weighted by atomic mass is 28.3. The van der Waals surface area contributed by atoms with Crippen LogP contribution in [0.15, 0.2) is 97.1 Å². The van der Waals surface area contributed by atoms with Gasteiger partial charge in [-0.1, -0.05) is 124 Å². The van der Waals surface area contributed by atoms with Gasteiger partial charge in [0.05, 0.1) is 0 Å². The Morgan fingerprint density at radius 3 is 1.02 bits per heavy atom. The van der Waals surface area contributed by atoms with Crippen LogP contribution in [-0.4, -0.2) is 16.1 Å². The lowest BCUT2D eigenvalue weighted by Crippen LogP contribution is -2.16. The van der Waals surface area contributed by atoms with Crippen molar-refractivity contribution in [2.45, 2.75) is 39.3 Å². The van der Waals surface area contributed by atoms with E-state index in [1.165, 1.54) is 75.4 Å². The maximum atomic E-state index is 3.76. The summed E-state index contributed by atoms with van der Waals surface area (Å²) >= 11 is 0. The Labute approximate surface area is 261 Å². The number of fused-ring (bicyclic) bond motifs is 6. The summed E-state index contributed by atoms with van der Waals surface area (Å²) < 4.78 is 0. The van der Waals surface area contributed by atoms with Crippen molar-refractivity contribution < 1.29 is 0 Å². The minimum absolute atomic E-state index is 1.16. The molecule has 0 amide bonds. The van der Waals surface area contributed by atoms with Gasteiger partial charge in [0, 0.05) is 11.1 Å². The van der Waals surface area contributed by atoms with E-state index in [0.29, 0.717) is 0 Å². The summed E-state index contributed by atoms with van der Waals surface area (Å²) in [5.41, 5.74) is 9.76. The Kier molecular flexibility index (Phi) is 5.79. The van der Waals surface area contributed by atoms with E-state index in [2.05, 4.69) is 159 Å². The van der Waals surface area contributed by atoms with Crippen molar-refractivity contribution in [3.05, 3.63) is 108 Å². The largest absolute Gasteiger partial charge is 0.129 e. The lowest BCUT2D eigenvalue weighted by Gasteiger charge is -2.19. The number of hydrogen-bond acceptors (Lipinski definition) is 0. The predicted molar refractivity (Wildman–Crippen MR) is 201 cm³/mol. The monoisotopic (exact) mass is 594 g/mol. The van der Waals surface area contributed by atoms with E-state index >= 15 is 0 Å². The van der Waals surface area contributed by atoms with Gasteiger partial charge in [-0.2, -0.15) is 0 Å². The first kappa shape index (κ1) is 27.0. The van der Waals surface area contributed by atoms with Crippen LogP contribution in [0.1, 0.15) is 11.1 Å². The molecule has 44 heavy (non-hydrogen) atoms. The molecule has 8 aromatic carbocycles. The van der Waals surface area contributed by atoms with Gasteiger partial charge < -0.3 is 0 Å². The van der Waals surface area contributed by atoms with Gasteiger partial charge in [0.25, 0.3) is 0 Å². The molecule has 210 valence electrons. The fraction of sp³-hybridized carbons (Fsp3) is 0.143. The fourth-order valence-electron chi connectivity index (χ4n) is 6.76. The van der Waals surface area contributed by atoms with Crippen LogP contribution in [0.3, 0.4) is 0 Å². The second-order valence-corrected chi connectivity index (χ2v) is 23.8. The molecule has 0 saturated heterocycles. The molecule has 8 aromatic rings. The van der Waals surface area contributed by atoms with Gasteiger partial charge in [-0.3, -0.25) is 0 Å². The molecule has 0 N–H and O–H groups in total. The number of rotatable bonds is 0. The third kappa shape index (κ3) is 4.29. The second-order valence-electron chi connectivity index (χ2n) is 14.3. The van der Waals surface area contributed by atoms with Crippen LogP contribution in [0.25, 0.3) is 75.4 Å². The smallest absolute Gasteiger partial charge is 0.127 e. The third-order valence-electron chi connectivity index (χ3n) is 8.72. The minimum Gasteiger partial charge on any atom is -0.127 e. The van der Waals surface area contributed by atoms with Crippen molar-refractivity contribution in [1.29, 1.82) is 0 Å². The predicted octanol–water partition coefficient (Wildman–Crippen LogP) is 11.7. The normalized spacial score (nSPS) is 12.4. The molecule has 8 rings (SSSR count). The van der Waals surface area contributed by atoms with Crippen LogP contribution in [0.2, 0.25) is 39.3 Å². The highest BCUT2D eigenvalue weighted by Crippen LogP contribution is 2.45.